The fraction of sp³-hybridized carbons (Fsp3) is 0.571. The highest BCUT2D eigenvalue weighted by molar-refractivity contribution is 6.31. The van der Waals surface area contributed by atoms with E-state index in [4.69, 9.17) is 23.2 Å². The molecule has 0 aromatic carbocycles. The van der Waals surface area contributed by atoms with Crippen molar-refractivity contribution >= 4 is 34.4 Å². The van der Waals surface area contributed by atoms with Crippen molar-refractivity contribution in [3.8, 4) is 0 Å². The molecule has 2 aromatic heterocycles. The lowest BCUT2D eigenvalue weighted by atomic mass is 9.80. The fourth-order valence-corrected chi connectivity index (χ4v) is 3.10. The molecule has 3 rings (SSSR count). The Kier molecular flexibility index (Phi) is 3.44. The first-order valence-corrected chi connectivity index (χ1v) is 7.57. The smallest absolute Gasteiger partial charge is 0.160 e. The van der Waals surface area contributed by atoms with E-state index in [1.807, 2.05) is 13.0 Å². The van der Waals surface area contributed by atoms with Gasteiger partial charge < -0.3 is 4.57 Å². The topological polar surface area (TPSA) is 30.7 Å². The van der Waals surface area contributed by atoms with Crippen LogP contribution in [0, 0.1) is 5.92 Å². The molecule has 0 spiro atoms. The van der Waals surface area contributed by atoms with Crippen LogP contribution in [0.2, 0.25) is 5.02 Å². The van der Waals surface area contributed by atoms with Gasteiger partial charge in [-0.3, -0.25) is 0 Å². The Hall–Kier alpha value is -0.800. The Morgan fingerprint density at radius 1 is 1.37 bits per heavy atom. The minimum Gasteiger partial charge on any atom is -0.308 e. The molecule has 0 saturated heterocycles. The average Bonchev–Trinajstić information content (AvgIpc) is 2.64. The normalized spacial score (nSPS) is 19.4. The van der Waals surface area contributed by atoms with Crippen molar-refractivity contribution < 1.29 is 0 Å². The Balaban J connectivity index is 2.15. The maximum atomic E-state index is 6.29. The van der Waals surface area contributed by atoms with E-state index in [1.165, 1.54) is 19.3 Å². The third-order valence-electron chi connectivity index (χ3n) is 4.12. The van der Waals surface area contributed by atoms with Gasteiger partial charge in [-0.25, -0.2) is 9.97 Å². The van der Waals surface area contributed by atoms with E-state index in [1.54, 1.807) is 6.20 Å². The molecule has 3 nitrogen and oxygen atoms in total. The van der Waals surface area contributed by atoms with Crippen molar-refractivity contribution in [2.45, 2.75) is 44.5 Å². The predicted molar refractivity (Wildman–Crippen MR) is 78.9 cm³/mol. The van der Waals surface area contributed by atoms with Crippen LogP contribution in [0.25, 0.3) is 11.2 Å². The second kappa shape index (κ2) is 4.95. The van der Waals surface area contributed by atoms with Crippen LogP contribution in [0.1, 0.15) is 50.4 Å². The van der Waals surface area contributed by atoms with E-state index >= 15 is 0 Å². The highest BCUT2D eigenvalue weighted by atomic mass is 35.5. The lowest BCUT2D eigenvalue weighted by Crippen LogP contribution is -2.24. The minimum absolute atomic E-state index is 0.129. The van der Waals surface area contributed by atoms with Crippen molar-refractivity contribution in [3.63, 3.8) is 0 Å². The summed E-state index contributed by atoms with van der Waals surface area (Å²) in [6.45, 7) is 4.19. The molecule has 0 aliphatic heterocycles. The van der Waals surface area contributed by atoms with Gasteiger partial charge in [-0.15, -0.1) is 11.6 Å². The summed E-state index contributed by atoms with van der Waals surface area (Å²) in [6, 6.07) is 2.25. The Morgan fingerprint density at radius 3 is 2.68 bits per heavy atom. The first-order chi connectivity index (χ1) is 9.08. The highest BCUT2D eigenvalue weighted by Gasteiger charge is 2.29. The quantitative estimate of drug-likeness (QED) is 0.766. The van der Waals surface area contributed by atoms with E-state index in [-0.39, 0.29) is 5.38 Å². The van der Waals surface area contributed by atoms with Crippen LogP contribution in [-0.4, -0.2) is 14.5 Å². The molecule has 19 heavy (non-hydrogen) atoms. The van der Waals surface area contributed by atoms with Crippen molar-refractivity contribution in [1.82, 2.24) is 14.5 Å². The Morgan fingerprint density at radius 2 is 2.11 bits per heavy atom. The molecular weight excluding hydrogens is 281 g/mol. The number of halogens is 2. The van der Waals surface area contributed by atoms with Crippen molar-refractivity contribution in [3.05, 3.63) is 23.1 Å². The molecule has 0 radical (unpaired) electrons. The highest BCUT2D eigenvalue weighted by Crippen LogP contribution is 2.39. The lowest BCUT2D eigenvalue weighted by molar-refractivity contribution is 0.222. The molecule has 0 amide bonds. The van der Waals surface area contributed by atoms with Crippen molar-refractivity contribution in [2.75, 3.05) is 0 Å². The van der Waals surface area contributed by atoms with Gasteiger partial charge in [0.15, 0.2) is 5.65 Å². The first kappa shape index (κ1) is 13.2. The molecule has 5 heteroatoms. The molecule has 1 saturated carbocycles. The van der Waals surface area contributed by atoms with Crippen molar-refractivity contribution in [2.24, 2.45) is 5.92 Å². The third-order valence-corrected chi connectivity index (χ3v) is 4.52. The molecule has 2 aromatic rings. The summed E-state index contributed by atoms with van der Waals surface area (Å²) in [4.78, 5) is 9.07. The molecular formula is C14H17Cl2N3. The maximum absolute atomic E-state index is 6.29. The number of imidazole rings is 1. The van der Waals surface area contributed by atoms with Crippen LogP contribution >= 0.6 is 23.2 Å². The van der Waals surface area contributed by atoms with Crippen LogP contribution in [0.15, 0.2) is 12.3 Å². The van der Waals surface area contributed by atoms with E-state index in [0.29, 0.717) is 17.0 Å². The van der Waals surface area contributed by atoms with Gasteiger partial charge in [0, 0.05) is 12.2 Å². The molecule has 1 fully saturated rings. The minimum atomic E-state index is -0.129. The van der Waals surface area contributed by atoms with E-state index < -0.39 is 0 Å². The summed E-state index contributed by atoms with van der Waals surface area (Å²) in [6.07, 6.45) is 5.57. The monoisotopic (exact) mass is 297 g/mol. The summed E-state index contributed by atoms with van der Waals surface area (Å²) in [5, 5.41) is 0.484. The molecule has 1 aliphatic rings. The number of pyridine rings is 1. The summed E-state index contributed by atoms with van der Waals surface area (Å²) < 4.78 is 2.20. The van der Waals surface area contributed by atoms with E-state index in [0.717, 1.165) is 17.0 Å². The number of hydrogen-bond acceptors (Lipinski definition) is 2. The van der Waals surface area contributed by atoms with Crippen LogP contribution in [0.3, 0.4) is 0 Å². The molecule has 2 heterocycles. The number of alkyl halides is 1. The number of nitrogens with zero attached hydrogens (tertiary/aromatic N) is 3. The second-order valence-corrected chi connectivity index (χ2v) is 6.47. The molecule has 0 bridgehead atoms. The van der Waals surface area contributed by atoms with E-state index in [9.17, 15) is 0 Å². The molecule has 102 valence electrons. The number of rotatable bonds is 3. The zero-order valence-corrected chi connectivity index (χ0v) is 12.6. The summed E-state index contributed by atoms with van der Waals surface area (Å²) in [5.41, 5.74) is 1.73. The Bertz CT molecular complexity index is 602. The number of aromatic nitrogens is 3. The summed E-state index contributed by atoms with van der Waals surface area (Å²) >= 11 is 12.3. The number of fused-ring (bicyclic) bond motifs is 1. The van der Waals surface area contributed by atoms with Crippen LogP contribution in [-0.2, 0) is 0 Å². The second-order valence-electron chi connectivity index (χ2n) is 5.38. The average molecular weight is 298 g/mol. The van der Waals surface area contributed by atoms with Crippen LogP contribution in [0.5, 0.6) is 0 Å². The summed E-state index contributed by atoms with van der Waals surface area (Å²) in [7, 11) is 0. The fourth-order valence-electron chi connectivity index (χ4n) is 2.79. The van der Waals surface area contributed by atoms with Crippen molar-refractivity contribution in [1.29, 1.82) is 0 Å². The van der Waals surface area contributed by atoms with Gasteiger partial charge in [-0.1, -0.05) is 18.0 Å². The van der Waals surface area contributed by atoms with Gasteiger partial charge in [0.2, 0.25) is 0 Å². The zero-order valence-electron chi connectivity index (χ0n) is 11.1. The largest absolute Gasteiger partial charge is 0.308 e. The SMILES string of the molecule is CC(Cl)c1nc2cc(Cl)cnc2n1C(C)C1CCC1. The van der Waals surface area contributed by atoms with Gasteiger partial charge in [0.1, 0.15) is 11.3 Å². The van der Waals surface area contributed by atoms with Gasteiger partial charge in [-0.2, -0.15) is 0 Å². The standard InChI is InChI=1S/C14H17Cl2N3/c1-8(15)13-18-12-6-11(16)7-17-14(12)19(13)9(2)10-4-3-5-10/h6-10H,3-5H2,1-2H3. The Labute approximate surface area is 122 Å². The number of hydrogen-bond donors (Lipinski definition) is 0. The van der Waals surface area contributed by atoms with Gasteiger partial charge >= 0.3 is 0 Å². The predicted octanol–water partition coefficient (Wildman–Crippen LogP) is 4.75. The van der Waals surface area contributed by atoms with Gasteiger partial charge in [-0.05, 0) is 38.7 Å². The molecule has 0 N–H and O–H groups in total. The van der Waals surface area contributed by atoms with Crippen LogP contribution < -0.4 is 0 Å². The zero-order chi connectivity index (χ0) is 13.6. The van der Waals surface area contributed by atoms with Crippen LogP contribution in [0.4, 0.5) is 0 Å². The third kappa shape index (κ3) is 2.23. The first-order valence-electron chi connectivity index (χ1n) is 6.75. The molecule has 1 aliphatic carbocycles. The van der Waals surface area contributed by atoms with Gasteiger partial charge in [0.05, 0.1) is 10.4 Å². The lowest BCUT2D eigenvalue weighted by Gasteiger charge is -2.33. The summed E-state index contributed by atoms with van der Waals surface area (Å²) in [5.74, 6) is 1.61. The maximum Gasteiger partial charge on any atom is 0.160 e. The molecule has 2 unspecified atom stereocenters. The van der Waals surface area contributed by atoms with E-state index in [2.05, 4.69) is 21.5 Å². The molecule has 2 atom stereocenters. The van der Waals surface area contributed by atoms with Gasteiger partial charge in [0.25, 0.3) is 0 Å².